The molecule has 0 fully saturated rings. The van der Waals surface area contributed by atoms with Crippen molar-refractivity contribution in [3.63, 3.8) is 0 Å². The highest BCUT2D eigenvalue weighted by Gasteiger charge is 2.18. The van der Waals surface area contributed by atoms with Gasteiger partial charge in [0.25, 0.3) is 0 Å². The van der Waals surface area contributed by atoms with Crippen LogP contribution in [-0.4, -0.2) is 9.13 Å². The molecule has 2 aromatic heterocycles. The fourth-order valence-corrected chi connectivity index (χ4v) is 7.15. The standard InChI is InChI=1S/C43H27N3/c44-28-31-26-30(29-12-11-13-32(27-29)45-39-19-6-2-15-35(39)36-16-3-7-20-40(36)45)24-25-33(31)34-14-1-8-21-41(34)46-42-22-9-4-17-37(42)38-18-5-10-23-43(38)46/h1-27H. The number of rotatable bonds is 4. The zero-order valence-corrected chi connectivity index (χ0v) is 24.9. The van der Waals surface area contributed by atoms with E-state index in [4.69, 9.17) is 0 Å². The molecule has 46 heavy (non-hydrogen) atoms. The molecule has 214 valence electrons. The number of para-hydroxylation sites is 5. The molecule has 0 N–H and O–H groups in total. The summed E-state index contributed by atoms with van der Waals surface area (Å²) in [5, 5.41) is 15.4. The average molecular weight is 586 g/mol. The summed E-state index contributed by atoms with van der Waals surface area (Å²) >= 11 is 0. The monoisotopic (exact) mass is 585 g/mol. The fraction of sp³-hybridized carbons (Fsp3) is 0. The molecule has 9 aromatic rings. The van der Waals surface area contributed by atoms with Gasteiger partial charge in [-0.25, -0.2) is 0 Å². The lowest BCUT2D eigenvalue weighted by molar-refractivity contribution is 1.18. The summed E-state index contributed by atoms with van der Waals surface area (Å²) in [4.78, 5) is 0. The summed E-state index contributed by atoms with van der Waals surface area (Å²) in [5.74, 6) is 0. The highest BCUT2D eigenvalue weighted by atomic mass is 15.0. The largest absolute Gasteiger partial charge is 0.309 e. The van der Waals surface area contributed by atoms with Crippen LogP contribution in [0, 0.1) is 11.3 Å². The summed E-state index contributed by atoms with van der Waals surface area (Å²) in [6.45, 7) is 0. The second-order valence-electron chi connectivity index (χ2n) is 11.7. The zero-order chi connectivity index (χ0) is 30.6. The molecule has 0 atom stereocenters. The van der Waals surface area contributed by atoms with E-state index in [2.05, 4.69) is 173 Å². The van der Waals surface area contributed by atoms with Crippen LogP contribution in [0.25, 0.3) is 77.2 Å². The van der Waals surface area contributed by atoms with E-state index in [0.717, 1.165) is 44.7 Å². The van der Waals surface area contributed by atoms with E-state index < -0.39 is 0 Å². The van der Waals surface area contributed by atoms with E-state index >= 15 is 0 Å². The fourth-order valence-electron chi connectivity index (χ4n) is 7.15. The Kier molecular flexibility index (Phi) is 5.88. The summed E-state index contributed by atoms with van der Waals surface area (Å²) in [5.41, 5.74) is 11.5. The highest BCUT2D eigenvalue weighted by Crippen LogP contribution is 2.38. The van der Waals surface area contributed by atoms with Crippen LogP contribution >= 0.6 is 0 Å². The summed E-state index contributed by atoms with van der Waals surface area (Å²) < 4.78 is 4.65. The molecule has 0 aliphatic carbocycles. The van der Waals surface area contributed by atoms with Crippen molar-refractivity contribution in [2.24, 2.45) is 0 Å². The zero-order valence-electron chi connectivity index (χ0n) is 24.9. The molecule has 0 saturated heterocycles. The van der Waals surface area contributed by atoms with Crippen molar-refractivity contribution in [2.75, 3.05) is 0 Å². The van der Waals surface area contributed by atoms with Gasteiger partial charge < -0.3 is 9.13 Å². The van der Waals surface area contributed by atoms with Crippen LogP contribution in [0.15, 0.2) is 164 Å². The molecule has 0 radical (unpaired) electrons. The Balaban J connectivity index is 1.19. The predicted octanol–water partition coefficient (Wildman–Crippen LogP) is 11.1. The van der Waals surface area contributed by atoms with E-state index in [1.54, 1.807) is 0 Å². The molecule has 3 nitrogen and oxygen atoms in total. The summed E-state index contributed by atoms with van der Waals surface area (Å²) in [6, 6.07) is 60.0. The predicted molar refractivity (Wildman–Crippen MR) is 191 cm³/mol. The van der Waals surface area contributed by atoms with Crippen molar-refractivity contribution < 1.29 is 0 Å². The molecule has 0 aliphatic rings. The van der Waals surface area contributed by atoms with E-state index in [-0.39, 0.29) is 0 Å². The van der Waals surface area contributed by atoms with E-state index in [9.17, 15) is 5.26 Å². The second kappa shape index (κ2) is 10.4. The van der Waals surface area contributed by atoms with Crippen LogP contribution < -0.4 is 0 Å². The van der Waals surface area contributed by atoms with Crippen LogP contribution in [0.4, 0.5) is 0 Å². The maximum atomic E-state index is 10.5. The average Bonchev–Trinajstić information content (AvgIpc) is 3.64. The first-order chi connectivity index (χ1) is 22.8. The van der Waals surface area contributed by atoms with Gasteiger partial charge in [0.1, 0.15) is 0 Å². The van der Waals surface area contributed by atoms with Crippen molar-refractivity contribution in [1.29, 1.82) is 5.26 Å². The Labute approximate surface area is 266 Å². The number of aromatic nitrogens is 2. The quantitative estimate of drug-likeness (QED) is 0.202. The van der Waals surface area contributed by atoms with Gasteiger partial charge in [0.2, 0.25) is 0 Å². The van der Waals surface area contributed by atoms with Crippen LogP contribution in [0.1, 0.15) is 5.56 Å². The molecule has 3 heteroatoms. The van der Waals surface area contributed by atoms with Gasteiger partial charge in [-0.05, 0) is 59.7 Å². The molecule has 0 bridgehead atoms. The normalized spacial score (nSPS) is 11.5. The molecule has 0 aliphatic heterocycles. The lowest BCUT2D eigenvalue weighted by Gasteiger charge is -2.16. The second-order valence-corrected chi connectivity index (χ2v) is 11.7. The molecule has 0 spiro atoms. The third kappa shape index (κ3) is 3.91. The van der Waals surface area contributed by atoms with E-state index in [1.807, 2.05) is 6.07 Å². The Hall–Kier alpha value is -6.37. The molecule has 2 heterocycles. The number of nitrogens with zero attached hydrogens (tertiary/aromatic N) is 3. The smallest absolute Gasteiger partial charge is 0.0998 e. The number of nitriles is 1. The lowest BCUT2D eigenvalue weighted by Crippen LogP contribution is -1.98. The number of hydrogen-bond donors (Lipinski definition) is 0. The third-order valence-corrected chi connectivity index (χ3v) is 9.17. The molecule has 0 amide bonds. The van der Waals surface area contributed by atoms with Crippen molar-refractivity contribution in [1.82, 2.24) is 9.13 Å². The number of hydrogen-bond acceptors (Lipinski definition) is 1. The Morgan fingerprint density at radius 1 is 0.391 bits per heavy atom. The van der Waals surface area contributed by atoms with Crippen molar-refractivity contribution in [3.8, 4) is 39.7 Å². The van der Waals surface area contributed by atoms with Crippen LogP contribution in [0.5, 0.6) is 0 Å². The minimum absolute atomic E-state index is 0.646. The van der Waals surface area contributed by atoms with Crippen LogP contribution in [0.2, 0.25) is 0 Å². The molecular weight excluding hydrogens is 558 g/mol. The van der Waals surface area contributed by atoms with Crippen molar-refractivity contribution in [3.05, 3.63) is 169 Å². The topological polar surface area (TPSA) is 33.6 Å². The maximum Gasteiger partial charge on any atom is 0.0998 e. The van der Waals surface area contributed by atoms with Gasteiger partial charge in [0, 0.05) is 38.4 Å². The SMILES string of the molecule is N#Cc1cc(-c2cccc(-n3c4ccccc4c4ccccc43)c2)ccc1-c1ccccc1-n1c2ccccc2c2ccccc21. The van der Waals surface area contributed by atoms with Gasteiger partial charge >= 0.3 is 0 Å². The summed E-state index contributed by atoms with van der Waals surface area (Å²) in [7, 11) is 0. The third-order valence-electron chi connectivity index (χ3n) is 9.17. The number of fused-ring (bicyclic) bond motifs is 6. The Morgan fingerprint density at radius 2 is 0.891 bits per heavy atom. The maximum absolute atomic E-state index is 10.5. The van der Waals surface area contributed by atoms with Gasteiger partial charge in [-0.3, -0.25) is 0 Å². The molecule has 7 aromatic carbocycles. The van der Waals surface area contributed by atoms with Crippen molar-refractivity contribution in [2.45, 2.75) is 0 Å². The number of benzene rings is 7. The van der Waals surface area contributed by atoms with Gasteiger partial charge in [-0.2, -0.15) is 5.26 Å². The molecule has 0 saturated carbocycles. The minimum atomic E-state index is 0.646. The van der Waals surface area contributed by atoms with Crippen LogP contribution in [0.3, 0.4) is 0 Å². The summed E-state index contributed by atoms with van der Waals surface area (Å²) in [6.07, 6.45) is 0. The van der Waals surface area contributed by atoms with E-state index in [1.165, 1.54) is 32.6 Å². The van der Waals surface area contributed by atoms with Gasteiger partial charge in [-0.15, -0.1) is 0 Å². The minimum Gasteiger partial charge on any atom is -0.309 e. The lowest BCUT2D eigenvalue weighted by atomic mass is 9.94. The van der Waals surface area contributed by atoms with Gasteiger partial charge in [0.05, 0.1) is 39.4 Å². The molecular formula is C43H27N3. The Morgan fingerprint density at radius 3 is 1.48 bits per heavy atom. The van der Waals surface area contributed by atoms with Gasteiger partial charge in [-0.1, -0.05) is 115 Å². The van der Waals surface area contributed by atoms with Crippen LogP contribution in [-0.2, 0) is 0 Å². The first-order valence-electron chi connectivity index (χ1n) is 15.5. The first-order valence-corrected chi connectivity index (χ1v) is 15.5. The van der Waals surface area contributed by atoms with Crippen molar-refractivity contribution >= 4 is 43.6 Å². The Bertz CT molecular complexity index is 2560. The van der Waals surface area contributed by atoms with E-state index in [0.29, 0.717) is 5.56 Å². The van der Waals surface area contributed by atoms with Gasteiger partial charge in [0.15, 0.2) is 0 Å². The molecule has 0 unspecified atom stereocenters. The molecule has 9 rings (SSSR count). The highest BCUT2D eigenvalue weighted by molar-refractivity contribution is 6.10. The first kappa shape index (κ1) is 26.1.